The van der Waals surface area contributed by atoms with E-state index in [9.17, 15) is 43.3 Å². The monoisotopic (exact) mass is 848 g/mol. The number of hydrogen-bond donors (Lipinski definition) is 8. The maximum Gasteiger partial charge on any atom is 0.472 e. The van der Waals surface area contributed by atoms with Crippen LogP contribution in [0.3, 0.4) is 0 Å². The van der Waals surface area contributed by atoms with E-state index < -0.39 is 80.3 Å². The van der Waals surface area contributed by atoms with Crippen molar-refractivity contribution in [3.8, 4) is 0 Å². The molecule has 1 fully saturated rings. The third-order valence-corrected chi connectivity index (χ3v) is 10.9. The molecule has 59 heavy (non-hydrogen) atoms. The molecular formula is C39H61N8O11P. The number of hydrogen-bond acceptors (Lipinski definition) is 11. The van der Waals surface area contributed by atoms with E-state index in [1.807, 2.05) is 32.0 Å². The van der Waals surface area contributed by atoms with Crippen LogP contribution in [0, 0.1) is 5.92 Å². The molecule has 328 valence electrons. The van der Waals surface area contributed by atoms with Crippen molar-refractivity contribution in [2.24, 2.45) is 11.7 Å². The van der Waals surface area contributed by atoms with Crippen LogP contribution in [0.1, 0.15) is 90.3 Å². The number of aromatic nitrogens is 2. The van der Waals surface area contributed by atoms with Crippen LogP contribution in [0.2, 0.25) is 0 Å². The summed E-state index contributed by atoms with van der Waals surface area (Å²) in [5, 5.41) is 20.1. The van der Waals surface area contributed by atoms with Crippen molar-refractivity contribution >= 4 is 43.3 Å². The Balaban J connectivity index is 1.58. The lowest BCUT2D eigenvalue weighted by Crippen LogP contribution is -2.61. The fourth-order valence-electron chi connectivity index (χ4n) is 6.71. The van der Waals surface area contributed by atoms with Crippen LogP contribution >= 0.6 is 7.82 Å². The fraction of sp³-hybridized carbons (Fsp3) is 0.615. The molecule has 1 aromatic heterocycles. The Bertz CT molecular complexity index is 1720. The van der Waals surface area contributed by atoms with Gasteiger partial charge in [0.15, 0.2) is 0 Å². The van der Waals surface area contributed by atoms with Crippen LogP contribution in [0.25, 0.3) is 0 Å². The number of aryl methyl sites for hydroxylation is 1. The molecule has 0 spiro atoms. The first-order chi connectivity index (χ1) is 28.0. The van der Waals surface area contributed by atoms with Gasteiger partial charge in [-0.05, 0) is 56.9 Å². The molecule has 9 N–H and O–H groups in total. The molecule has 0 radical (unpaired) electrons. The molecule has 0 aliphatic carbocycles. The van der Waals surface area contributed by atoms with Gasteiger partial charge in [0.2, 0.25) is 35.4 Å². The van der Waals surface area contributed by atoms with E-state index in [1.165, 1.54) is 36.8 Å². The third-order valence-electron chi connectivity index (χ3n) is 9.81. The van der Waals surface area contributed by atoms with Gasteiger partial charge in [0, 0.05) is 31.8 Å². The quantitative estimate of drug-likeness (QED) is 0.0489. The highest BCUT2D eigenvalue weighted by Crippen LogP contribution is 2.45. The average molecular weight is 849 g/mol. The lowest BCUT2D eigenvalue weighted by Gasteiger charge is -2.28. The molecule has 1 aromatic carbocycles. The van der Waals surface area contributed by atoms with E-state index in [4.69, 9.17) is 14.8 Å². The Labute approximate surface area is 344 Å². The summed E-state index contributed by atoms with van der Waals surface area (Å²) in [6.45, 7) is 5.64. The molecule has 1 saturated heterocycles. The minimum absolute atomic E-state index is 0.0673. The molecule has 0 saturated carbocycles. The molecule has 0 bridgehead atoms. The van der Waals surface area contributed by atoms with Gasteiger partial charge >= 0.3 is 7.82 Å². The average Bonchev–Trinajstić information content (AvgIpc) is 3.89. The fourth-order valence-corrected chi connectivity index (χ4v) is 7.68. The van der Waals surface area contributed by atoms with E-state index in [0.29, 0.717) is 31.5 Å². The number of aliphatic hydroxyl groups excluding tert-OH is 1. The number of phosphoric ester groups is 1. The Kier molecular flexibility index (Phi) is 20.1. The van der Waals surface area contributed by atoms with Crippen molar-refractivity contribution in [2.45, 2.75) is 128 Å². The Morgan fingerprint density at radius 3 is 2.20 bits per heavy atom. The highest BCUT2D eigenvalue weighted by Gasteiger charge is 2.37. The lowest BCUT2D eigenvalue weighted by molar-refractivity contribution is -0.139. The maximum atomic E-state index is 13.7. The number of primary amides is 1. The predicted octanol–water partition coefficient (Wildman–Crippen LogP) is 1.14. The highest BCUT2D eigenvalue weighted by atomic mass is 31.2. The van der Waals surface area contributed by atoms with E-state index >= 15 is 0 Å². The van der Waals surface area contributed by atoms with Crippen LogP contribution in [-0.4, -0.2) is 116 Å². The Morgan fingerprint density at radius 1 is 0.932 bits per heavy atom. The number of likely N-dealkylation sites (tertiary alicyclic amines) is 1. The zero-order valence-corrected chi connectivity index (χ0v) is 35.2. The summed E-state index contributed by atoms with van der Waals surface area (Å²) in [5.74, 6) is -4.70. The molecule has 6 amide bonds. The number of carbonyl (C=O) groups is 6. The van der Waals surface area contributed by atoms with E-state index in [2.05, 4.69) is 43.4 Å². The molecule has 7 unspecified atom stereocenters. The van der Waals surface area contributed by atoms with Crippen LogP contribution in [0.5, 0.6) is 0 Å². The second-order valence-electron chi connectivity index (χ2n) is 15.2. The van der Waals surface area contributed by atoms with E-state index in [1.54, 1.807) is 0 Å². The molecule has 1 aliphatic heterocycles. The number of nitrogens with two attached hydrogens (primary N) is 1. The third kappa shape index (κ3) is 16.8. The van der Waals surface area contributed by atoms with E-state index in [-0.39, 0.29) is 31.3 Å². The van der Waals surface area contributed by atoms with Gasteiger partial charge in [-0.3, -0.25) is 37.8 Å². The number of phosphoric acid groups is 1. The smallest absolute Gasteiger partial charge is 0.394 e. The van der Waals surface area contributed by atoms with Crippen LogP contribution < -0.4 is 27.0 Å². The number of amides is 6. The Morgan fingerprint density at radius 2 is 1.58 bits per heavy atom. The lowest BCUT2D eigenvalue weighted by atomic mass is 10.0. The minimum Gasteiger partial charge on any atom is -0.394 e. The van der Waals surface area contributed by atoms with Gasteiger partial charge in [-0.1, -0.05) is 63.4 Å². The number of unbranched alkanes of at least 4 members (excludes halogenated alkanes) is 4. The number of imidazole rings is 1. The Hall–Kier alpha value is -4.68. The summed E-state index contributed by atoms with van der Waals surface area (Å²) in [4.78, 5) is 97.0. The van der Waals surface area contributed by atoms with Crippen molar-refractivity contribution in [3.63, 3.8) is 0 Å². The molecule has 3 rings (SSSR count). The number of nitrogens with one attached hydrogen (secondary N) is 5. The first kappa shape index (κ1) is 48.7. The van der Waals surface area contributed by atoms with Gasteiger partial charge in [0.05, 0.1) is 25.6 Å². The number of nitrogens with zero attached hydrogens (tertiary/aromatic N) is 2. The van der Waals surface area contributed by atoms with Crippen molar-refractivity contribution in [3.05, 3.63) is 54.1 Å². The van der Waals surface area contributed by atoms with Crippen LogP contribution in [0.4, 0.5) is 0 Å². The highest BCUT2D eigenvalue weighted by molar-refractivity contribution is 7.47. The summed E-state index contributed by atoms with van der Waals surface area (Å²) in [7, 11) is -4.71. The molecule has 20 heteroatoms. The molecule has 2 aromatic rings. The predicted molar refractivity (Wildman–Crippen MR) is 216 cm³/mol. The van der Waals surface area contributed by atoms with Crippen molar-refractivity contribution < 1.29 is 52.4 Å². The summed E-state index contributed by atoms with van der Waals surface area (Å²) >= 11 is 0. The number of H-pyrrole nitrogens is 1. The molecule has 7 atom stereocenters. The van der Waals surface area contributed by atoms with Crippen LogP contribution in [-0.2, 0) is 55.2 Å². The summed E-state index contributed by atoms with van der Waals surface area (Å²) in [6, 6.07) is 3.54. The van der Waals surface area contributed by atoms with Gasteiger partial charge < -0.3 is 46.9 Å². The standard InChI is InChI=1S/C39H61N8O11P/c1-25(2)20-30(44-39(54)33-17-13-18-47(33)27(4)49)36(51)43-31(21-29-22-41-24-42-29)37(52)45-32(23-48)38(53)46-34(35(40)50)26(3)58-59(55,56)57-19-12-7-5-6-9-14-28-15-10-8-11-16-28/h8,10-11,15-16,22,24-26,30-34,48H,5-7,9,12-14,17-21,23H2,1-4H3,(H2,40,50)(H,41,42)(H,43,51)(H,44,54)(H,45,52)(H,46,53)(H,55,56). The molecule has 2 heterocycles. The second kappa shape index (κ2) is 24.4. The van der Waals surface area contributed by atoms with Gasteiger partial charge in [-0.2, -0.15) is 0 Å². The topological polar surface area (TPSA) is 284 Å². The SMILES string of the molecule is CC(=O)N1CCCC1C(=O)NC(CC(C)C)C(=O)NC(Cc1cnc[nH]1)C(=O)NC(CO)C(=O)NC(C(N)=O)C(C)OP(=O)(O)OCCCCCCCc1ccccc1. The first-order valence-electron chi connectivity index (χ1n) is 20.1. The normalized spacial score (nSPS) is 17.5. The number of benzene rings is 1. The van der Waals surface area contributed by atoms with Crippen molar-refractivity contribution in [2.75, 3.05) is 19.8 Å². The number of aromatic amines is 1. The summed E-state index contributed by atoms with van der Waals surface area (Å²) < 4.78 is 22.9. The zero-order chi connectivity index (χ0) is 43.5. The van der Waals surface area contributed by atoms with Crippen molar-refractivity contribution in [1.82, 2.24) is 36.1 Å². The largest absolute Gasteiger partial charge is 0.472 e. The number of aliphatic hydroxyl groups is 1. The first-order valence-corrected chi connectivity index (χ1v) is 21.6. The van der Waals surface area contributed by atoms with E-state index in [0.717, 1.165) is 32.1 Å². The number of rotatable bonds is 26. The summed E-state index contributed by atoms with van der Waals surface area (Å²) in [6.07, 6.45) is 7.51. The van der Waals surface area contributed by atoms with Gasteiger partial charge in [0.1, 0.15) is 30.2 Å². The number of carbonyl (C=O) groups excluding carboxylic acids is 6. The van der Waals surface area contributed by atoms with Gasteiger partial charge in [-0.25, -0.2) is 9.55 Å². The molecule has 19 nitrogen and oxygen atoms in total. The van der Waals surface area contributed by atoms with Crippen molar-refractivity contribution in [1.29, 1.82) is 0 Å². The molecule has 1 aliphatic rings. The summed E-state index contributed by atoms with van der Waals surface area (Å²) in [5.41, 5.74) is 7.19. The maximum absolute atomic E-state index is 13.7. The molecular weight excluding hydrogens is 787 g/mol. The zero-order valence-electron chi connectivity index (χ0n) is 34.3. The van der Waals surface area contributed by atoms with Gasteiger partial charge in [-0.15, -0.1) is 0 Å². The second-order valence-corrected chi connectivity index (χ2v) is 16.6. The van der Waals surface area contributed by atoms with Gasteiger partial charge in [0.25, 0.3) is 0 Å². The van der Waals surface area contributed by atoms with Crippen LogP contribution in [0.15, 0.2) is 42.9 Å². The minimum atomic E-state index is -4.71.